The number of rotatable bonds is 4. The first-order valence-corrected chi connectivity index (χ1v) is 6.24. The Balaban J connectivity index is 1.99. The summed E-state index contributed by atoms with van der Waals surface area (Å²) in [5.41, 5.74) is 7.91. The Hall–Kier alpha value is -2.56. The molecule has 3 N–H and O–H groups in total. The van der Waals surface area contributed by atoms with E-state index in [0.717, 1.165) is 11.3 Å². The molecule has 0 saturated carbocycles. The van der Waals surface area contributed by atoms with E-state index in [9.17, 15) is 4.79 Å². The van der Waals surface area contributed by atoms with E-state index in [2.05, 4.69) is 10.3 Å². The van der Waals surface area contributed by atoms with Crippen LogP contribution in [0.4, 0.5) is 11.5 Å². The molecule has 5 nitrogen and oxygen atoms in total. The standard InChI is InChI=1S/C15H17N3O2/c1-10-13(16)7-8-14(17-10)18-15(19)9-11-3-5-12(20-2)6-4-11/h3-8H,9,16H2,1-2H3,(H,17,18,19). The van der Waals surface area contributed by atoms with Gasteiger partial charge in [-0.1, -0.05) is 12.1 Å². The summed E-state index contributed by atoms with van der Waals surface area (Å²) in [5.74, 6) is 1.16. The Kier molecular flexibility index (Phi) is 4.20. The number of anilines is 2. The molecule has 0 fully saturated rings. The molecule has 0 unspecified atom stereocenters. The van der Waals surface area contributed by atoms with Crippen LogP contribution in [0.1, 0.15) is 11.3 Å². The fraction of sp³-hybridized carbons (Fsp3) is 0.200. The van der Waals surface area contributed by atoms with Crippen molar-refractivity contribution in [2.75, 3.05) is 18.2 Å². The molecule has 5 heteroatoms. The van der Waals surface area contributed by atoms with Crippen LogP contribution in [0.25, 0.3) is 0 Å². The minimum absolute atomic E-state index is 0.119. The number of benzene rings is 1. The highest BCUT2D eigenvalue weighted by Crippen LogP contribution is 2.14. The number of carbonyl (C=O) groups is 1. The number of nitrogens with one attached hydrogen (secondary N) is 1. The first-order valence-electron chi connectivity index (χ1n) is 6.24. The van der Waals surface area contributed by atoms with Gasteiger partial charge in [0.15, 0.2) is 0 Å². The van der Waals surface area contributed by atoms with Gasteiger partial charge >= 0.3 is 0 Å². The molecule has 2 aromatic rings. The summed E-state index contributed by atoms with van der Waals surface area (Å²) in [6.45, 7) is 1.80. The minimum atomic E-state index is -0.119. The van der Waals surface area contributed by atoms with Gasteiger partial charge in [-0.15, -0.1) is 0 Å². The Morgan fingerprint density at radius 3 is 2.55 bits per heavy atom. The van der Waals surface area contributed by atoms with Crippen LogP contribution in [0.2, 0.25) is 0 Å². The number of nitrogens with zero attached hydrogens (tertiary/aromatic N) is 1. The van der Waals surface area contributed by atoms with E-state index >= 15 is 0 Å². The van der Waals surface area contributed by atoms with Crippen LogP contribution in [0.15, 0.2) is 36.4 Å². The van der Waals surface area contributed by atoms with Crippen molar-refractivity contribution in [3.63, 3.8) is 0 Å². The van der Waals surface area contributed by atoms with Crippen molar-refractivity contribution in [2.45, 2.75) is 13.3 Å². The van der Waals surface area contributed by atoms with Crippen molar-refractivity contribution in [3.05, 3.63) is 47.7 Å². The normalized spacial score (nSPS) is 10.1. The summed E-state index contributed by atoms with van der Waals surface area (Å²) in [4.78, 5) is 16.1. The molecule has 1 aromatic carbocycles. The number of hydrogen-bond donors (Lipinski definition) is 2. The highest BCUT2D eigenvalue weighted by Gasteiger charge is 2.06. The molecule has 1 heterocycles. The van der Waals surface area contributed by atoms with Gasteiger partial charge in [0.1, 0.15) is 11.6 Å². The first-order chi connectivity index (χ1) is 9.58. The molecule has 2 rings (SSSR count). The van der Waals surface area contributed by atoms with Gasteiger partial charge < -0.3 is 15.8 Å². The van der Waals surface area contributed by atoms with E-state index in [1.807, 2.05) is 24.3 Å². The van der Waals surface area contributed by atoms with Crippen molar-refractivity contribution >= 4 is 17.4 Å². The lowest BCUT2D eigenvalue weighted by Crippen LogP contribution is -2.15. The molecular formula is C15H17N3O2. The Morgan fingerprint density at radius 1 is 1.25 bits per heavy atom. The largest absolute Gasteiger partial charge is 0.497 e. The lowest BCUT2D eigenvalue weighted by molar-refractivity contribution is -0.115. The third kappa shape index (κ3) is 3.47. The molecule has 0 aliphatic rings. The number of carbonyl (C=O) groups excluding carboxylic acids is 1. The third-order valence-corrected chi connectivity index (χ3v) is 2.92. The summed E-state index contributed by atoms with van der Waals surface area (Å²) < 4.78 is 5.07. The quantitative estimate of drug-likeness (QED) is 0.893. The topological polar surface area (TPSA) is 77.2 Å². The SMILES string of the molecule is COc1ccc(CC(=O)Nc2ccc(N)c(C)n2)cc1. The Morgan fingerprint density at radius 2 is 1.95 bits per heavy atom. The van der Waals surface area contributed by atoms with Crippen molar-refractivity contribution in [2.24, 2.45) is 0 Å². The van der Waals surface area contributed by atoms with E-state index in [4.69, 9.17) is 10.5 Å². The van der Waals surface area contributed by atoms with Gasteiger partial charge in [0.2, 0.25) is 5.91 Å². The maximum absolute atomic E-state index is 11.9. The van der Waals surface area contributed by atoms with Gasteiger partial charge in [-0.2, -0.15) is 0 Å². The molecule has 0 aliphatic carbocycles. The zero-order chi connectivity index (χ0) is 14.5. The fourth-order valence-corrected chi connectivity index (χ4v) is 1.76. The fourth-order valence-electron chi connectivity index (χ4n) is 1.76. The number of aromatic nitrogens is 1. The van der Waals surface area contributed by atoms with E-state index in [1.165, 1.54) is 0 Å². The molecule has 1 amide bonds. The molecule has 0 aliphatic heterocycles. The minimum Gasteiger partial charge on any atom is -0.497 e. The average molecular weight is 271 g/mol. The smallest absolute Gasteiger partial charge is 0.229 e. The van der Waals surface area contributed by atoms with E-state index in [1.54, 1.807) is 26.2 Å². The monoisotopic (exact) mass is 271 g/mol. The van der Waals surface area contributed by atoms with Gasteiger partial charge in [-0.25, -0.2) is 4.98 Å². The number of nitrogens with two attached hydrogens (primary N) is 1. The summed E-state index contributed by atoms with van der Waals surface area (Å²) >= 11 is 0. The lowest BCUT2D eigenvalue weighted by atomic mass is 10.1. The molecule has 0 atom stereocenters. The number of aryl methyl sites for hydroxylation is 1. The first kappa shape index (κ1) is 13.9. The highest BCUT2D eigenvalue weighted by atomic mass is 16.5. The summed E-state index contributed by atoms with van der Waals surface area (Å²) in [7, 11) is 1.61. The number of ether oxygens (including phenoxy) is 1. The van der Waals surface area contributed by atoms with E-state index in [-0.39, 0.29) is 12.3 Å². The number of methoxy groups -OCH3 is 1. The van der Waals surface area contributed by atoms with Gasteiger partial charge in [-0.05, 0) is 36.8 Å². The van der Waals surface area contributed by atoms with Crippen molar-refractivity contribution in [3.8, 4) is 5.75 Å². The molecule has 0 spiro atoms. The van der Waals surface area contributed by atoms with E-state index < -0.39 is 0 Å². The Bertz CT molecular complexity index is 609. The number of nitrogen functional groups attached to an aromatic ring is 1. The molecule has 0 saturated heterocycles. The molecule has 0 bridgehead atoms. The van der Waals surface area contributed by atoms with Crippen LogP contribution in [-0.2, 0) is 11.2 Å². The van der Waals surface area contributed by atoms with Gasteiger partial charge in [0, 0.05) is 0 Å². The predicted octanol–water partition coefficient (Wildman–Crippen LogP) is 2.16. The summed E-state index contributed by atoms with van der Waals surface area (Å²) in [6.07, 6.45) is 0.287. The molecular weight excluding hydrogens is 254 g/mol. The number of amides is 1. The number of pyridine rings is 1. The maximum atomic E-state index is 11.9. The average Bonchev–Trinajstić information content (AvgIpc) is 2.44. The van der Waals surface area contributed by atoms with Crippen LogP contribution in [-0.4, -0.2) is 18.0 Å². The third-order valence-electron chi connectivity index (χ3n) is 2.92. The molecule has 104 valence electrons. The zero-order valence-corrected chi connectivity index (χ0v) is 11.5. The van der Waals surface area contributed by atoms with Crippen LogP contribution in [0.3, 0.4) is 0 Å². The second-order valence-electron chi connectivity index (χ2n) is 4.44. The lowest BCUT2D eigenvalue weighted by Gasteiger charge is -2.07. The summed E-state index contributed by atoms with van der Waals surface area (Å²) in [6, 6.07) is 10.8. The van der Waals surface area contributed by atoms with Gasteiger partial charge in [0.25, 0.3) is 0 Å². The Labute approximate surface area is 117 Å². The molecule has 0 radical (unpaired) electrons. The highest BCUT2D eigenvalue weighted by molar-refractivity contribution is 5.91. The van der Waals surface area contributed by atoms with Crippen LogP contribution in [0, 0.1) is 6.92 Å². The second kappa shape index (κ2) is 6.06. The predicted molar refractivity (Wildman–Crippen MR) is 78.7 cm³/mol. The van der Waals surface area contributed by atoms with Crippen LogP contribution < -0.4 is 15.8 Å². The zero-order valence-electron chi connectivity index (χ0n) is 11.5. The van der Waals surface area contributed by atoms with E-state index in [0.29, 0.717) is 17.2 Å². The van der Waals surface area contributed by atoms with Gasteiger partial charge in [-0.3, -0.25) is 4.79 Å². The van der Waals surface area contributed by atoms with Gasteiger partial charge in [0.05, 0.1) is 24.9 Å². The number of hydrogen-bond acceptors (Lipinski definition) is 4. The van der Waals surface area contributed by atoms with Crippen molar-refractivity contribution in [1.82, 2.24) is 4.98 Å². The second-order valence-corrected chi connectivity index (χ2v) is 4.44. The molecule has 1 aromatic heterocycles. The van der Waals surface area contributed by atoms with Crippen LogP contribution in [0.5, 0.6) is 5.75 Å². The van der Waals surface area contributed by atoms with Crippen LogP contribution >= 0.6 is 0 Å². The summed E-state index contributed by atoms with van der Waals surface area (Å²) in [5, 5.41) is 2.75. The van der Waals surface area contributed by atoms with Crippen molar-refractivity contribution in [1.29, 1.82) is 0 Å². The maximum Gasteiger partial charge on any atom is 0.229 e. The molecule has 20 heavy (non-hydrogen) atoms. The van der Waals surface area contributed by atoms with Crippen molar-refractivity contribution < 1.29 is 9.53 Å².